The summed E-state index contributed by atoms with van der Waals surface area (Å²) >= 11 is 0. The van der Waals surface area contributed by atoms with Crippen LogP contribution >= 0.6 is 0 Å². The topological polar surface area (TPSA) is 76.6 Å². The van der Waals surface area contributed by atoms with Crippen LogP contribution in [-0.4, -0.2) is 25.3 Å². The van der Waals surface area contributed by atoms with Gasteiger partial charge in [-0.25, -0.2) is 0 Å². The summed E-state index contributed by atoms with van der Waals surface area (Å²) < 4.78 is 3.16. The molecule has 0 saturated carbocycles. The molecular weight excluding hydrogens is 234 g/mol. The van der Waals surface area contributed by atoms with Gasteiger partial charge in [-0.1, -0.05) is 6.92 Å². The van der Waals surface area contributed by atoms with E-state index in [1.54, 1.807) is 13.0 Å². The van der Waals surface area contributed by atoms with E-state index in [1.165, 1.54) is 10.6 Å². The average Bonchev–Trinajstić information content (AvgIpc) is 2.65. The first-order valence-electron chi connectivity index (χ1n) is 5.84. The van der Waals surface area contributed by atoms with Crippen LogP contribution in [0.1, 0.15) is 24.7 Å². The fourth-order valence-electron chi connectivity index (χ4n) is 2.05. The second kappa shape index (κ2) is 4.64. The third-order valence-electron chi connectivity index (χ3n) is 2.71. The largest absolute Gasteiger partial charge is 0.481 e. The number of aryl methyl sites for hydroxylation is 2. The quantitative estimate of drug-likeness (QED) is 0.871. The van der Waals surface area contributed by atoms with E-state index in [0.29, 0.717) is 17.9 Å². The van der Waals surface area contributed by atoms with E-state index in [4.69, 9.17) is 5.11 Å². The first kappa shape index (κ1) is 12.3. The van der Waals surface area contributed by atoms with Crippen molar-refractivity contribution in [1.82, 2.24) is 14.2 Å². The lowest BCUT2D eigenvalue weighted by Crippen LogP contribution is -2.22. The Balaban J connectivity index is 2.72. The standard InChI is InChI=1S/C12H15N3O3/c1-3-4-14-9(7-12(17)18)6-11(16)15-10(14)5-8(2)13-15/h5-6H,3-4,7H2,1-2H3,(H,17,18). The second-order valence-electron chi connectivity index (χ2n) is 4.25. The summed E-state index contributed by atoms with van der Waals surface area (Å²) in [5, 5.41) is 13.0. The van der Waals surface area contributed by atoms with Gasteiger partial charge in [0.25, 0.3) is 5.56 Å². The zero-order valence-corrected chi connectivity index (χ0v) is 10.4. The SMILES string of the molecule is CCCn1c(CC(=O)O)cc(=O)n2nc(C)cc12. The molecule has 2 rings (SSSR count). The van der Waals surface area contributed by atoms with Gasteiger partial charge >= 0.3 is 5.97 Å². The molecular formula is C12H15N3O3. The van der Waals surface area contributed by atoms with Crippen LogP contribution in [0.2, 0.25) is 0 Å². The molecule has 0 spiro atoms. The molecule has 6 heteroatoms. The van der Waals surface area contributed by atoms with Crippen LogP contribution in [0.15, 0.2) is 16.9 Å². The summed E-state index contributed by atoms with van der Waals surface area (Å²) in [5.41, 5.74) is 1.62. The lowest BCUT2D eigenvalue weighted by Gasteiger charge is -2.12. The van der Waals surface area contributed by atoms with Gasteiger partial charge in [0, 0.05) is 24.4 Å². The molecule has 0 amide bonds. The number of aromatic nitrogens is 3. The van der Waals surface area contributed by atoms with Gasteiger partial charge in [-0.05, 0) is 13.3 Å². The van der Waals surface area contributed by atoms with E-state index in [9.17, 15) is 9.59 Å². The number of hydrogen-bond donors (Lipinski definition) is 1. The molecule has 0 aliphatic carbocycles. The highest BCUT2D eigenvalue weighted by molar-refractivity contribution is 5.69. The van der Waals surface area contributed by atoms with Crippen LogP contribution < -0.4 is 5.56 Å². The van der Waals surface area contributed by atoms with Gasteiger partial charge in [-0.2, -0.15) is 9.61 Å². The van der Waals surface area contributed by atoms with Crippen molar-refractivity contribution in [2.24, 2.45) is 0 Å². The van der Waals surface area contributed by atoms with Gasteiger partial charge in [-0.15, -0.1) is 0 Å². The molecule has 2 aromatic heterocycles. The Morgan fingerprint density at radius 2 is 2.17 bits per heavy atom. The Morgan fingerprint density at radius 3 is 2.78 bits per heavy atom. The highest BCUT2D eigenvalue weighted by atomic mass is 16.4. The number of aliphatic carboxylic acids is 1. The number of hydrogen-bond acceptors (Lipinski definition) is 3. The Kier molecular flexibility index (Phi) is 3.18. The van der Waals surface area contributed by atoms with Crippen LogP contribution in [0.3, 0.4) is 0 Å². The molecule has 0 radical (unpaired) electrons. The van der Waals surface area contributed by atoms with Crippen molar-refractivity contribution in [2.75, 3.05) is 0 Å². The maximum atomic E-state index is 11.8. The van der Waals surface area contributed by atoms with Crippen LogP contribution in [0.25, 0.3) is 5.65 Å². The molecule has 0 aliphatic heterocycles. The molecule has 0 saturated heterocycles. The molecule has 18 heavy (non-hydrogen) atoms. The van der Waals surface area contributed by atoms with Gasteiger partial charge in [0.15, 0.2) is 0 Å². The van der Waals surface area contributed by atoms with Crippen LogP contribution in [-0.2, 0) is 17.8 Å². The van der Waals surface area contributed by atoms with Gasteiger partial charge in [0.1, 0.15) is 5.65 Å². The van der Waals surface area contributed by atoms with Crippen LogP contribution in [0.5, 0.6) is 0 Å². The number of carbonyl (C=O) groups is 1. The van der Waals surface area contributed by atoms with E-state index < -0.39 is 5.97 Å². The Bertz CT molecular complexity index is 654. The molecule has 0 aromatic carbocycles. The molecule has 6 nitrogen and oxygen atoms in total. The van der Waals surface area contributed by atoms with Gasteiger partial charge in [0.05, 0.1) is 12.1 Å². The van der Waals surface area contributed by atoms with E-state index in [-0.39, 0.29) is 12.0 Å². The first-order chi connectivity index (χ1) is 8.52. The summed E-state index contributed by atoms with van der Waals surface area (Å²) in [6.45, 7) is 4.47. The number of carboxylic acid groups (broad SMARTS) is 1. The molecule has 0 aliphatic rings. The maximum Gasteiger partial charge on any atom is 0.309 e. The van der Waals surface area contributed by atoms with Gasteiger partial charge in [0.2, 0.25) is 0 Å². The van der Waals surface area contributed by atoms with Gasteiger partial charge < -0.3 is 9.67 Å². The van der Waals surface area contributed by atoms with Crippen molar-refractivity contribution in [3.8, 4) is 0 Å². The molecule has 0 bridgehead atoms. The highest BCUT2D eigenvalue weighted by Gasteiger charge is 2.12. The maximum absolute atomic E-state index is 11.8. The van der Waals surface area contributed by atoms with Crippen molar-refractivity contribution < 1.29 is 9.90 Å². The molecule has 2 aromatic rings. The van der Waals surface area contributed by atoms with Crippen LogP contribution in [0, 0.1) is 6.92 Å². The summed E-state index contributed by atoms with van der Waals surface area (Å²) in [6, 6.07) is 3.14. The van der Waals surface area contributed by atoms with Crippen molar-refractivity contribution >= 4 is 11.6 Å². The summed E-state index contributed by atoms with van der Waals surface area (Å²) in [4.78, 5) is 22.7. The molecule has 2 heterocycles. The third kappa shape index (κ3) is 2.13. The lowest BCUT2D eigenvalue weighted by atomic mass is 10.2. The number of rotatable bonds is 4. The summed E-state index contributed by atoms with van der Waals surface area (Å²) in [5.74, 6) is -0.945. The monoisotopic (exact) mass is 249 g/mol. The fourth-order valence-corrected chi connectivity index (χ4v) is 2.05. The second-order valence-corrected chi connectivity index (χ2v) is 4.25. The zero-order chi connectivity index (χ0) is 13.3. The lowest BCUT2D eigenvalue weighted by molar-refractivity contribution is -0.136. The number of nitrogens with zero attached hydrogens (tertiary/aromatic N) is 3. The Hall–Kier alpha value is -2.11. The Labute approximate surface area is 103 Å². The minimum absolute atomic E-state index is 0.157. The van der Waals surface area contributed by atoms with Crippen molar-refractivity contribution in [2.45, 2.75) is 33.2 Å². The highest BCUT2D eigenvalue weighted by Crippen LogP contribution is 2.09. The Morgan fingerprint density at radius 1 is 1.44 bits per heavy atom. The normalized spacial score (nSPS) is 11.0. The van der Waals surface area contributed by atoms with Crippen molar-refractivity contribution in [1.29, 1.82) is 0 Å². The zero-order valence-electron chi connectivity index (χ0n) is 10.4. The van der Waals surface area contributed by atoms with Crippen LogP contribution in [0.4, 0.5) is 0 Å². The predicted molar refractivity (Wildman–Crippen MR) is 65.8 cm³/mol. The van der Waals surface area contributed by atoms with Gasteiger partial charge in [-0.3, -0.25) is 9.59 Å². The first-order valence-corrected chi connectivity index (χ1v) is 5.84. The minimum Gasteiger partial charge on any atom is -0.481 e. The summed E-state index contributed by atoms with van der Waals surface area (Å²) in [7, 11) is 0. The van der Waals surface area contributed by atoms with Crippen molar-refractivity contribution in [3.05, 3.63) is 33.9 Å². The van der Waals surface area contributed by atoms with Crippen molar-refractivity contribution in [3.63, 3.8) is 0 Å². The smallest absolute Gasteiger partial charge is 0.309 e. The average molecular weight is 249 g/mol. The van der Waals surface area contributed by atoms with E-state index >= 15 is 0 Å². The van der Waals surface area contributed by atoms with E-state index in [0.717, 1.165) is 12.1 Å². The third-order valence-corrected chi connectivity index (χ3v) is 2.71. The molecule has 0 fully saturated rings. The predicted octanol–water partition coefficient (Wildman–Crippen LogP) is 0.842. The molecule has 1 N–H and O–H groups in total. The molecule has 0 unspecified atom stereocenters. The van der Waals surface area contributed by atoms with E-state index in [1.807, 2.05) is 11.5 Å². The number of carboxylic acids is 1. The number of fused-ring (bicyclic) bond motifs is 1. The summed E-state index contributed by atoms with van der Waals surface area (Å²) in [6.07, 6.45) is 0.700. The molecule has 0 atom stereocenters. The molecule has 96 valence electrons. The fraction of sp³-hybridized carbons (Fsp3) is 0.417. The van der Waals surface area contributed by atoms with E-state index in [2.05, 4.69) is 5.10 Å². The minimum atomic E-state index is -0.945.